The van der Waals surface area contributed by atoms with E-state index in [1.807, 2.05) is 76.2 Å². The SMILES string of the molecule is CC(C)CNC(=O)C[C@H](O)[C@H](CC1CCCCC1)NC(=O)[C@H](CC(C)C)N(C(=O)C(N)Cc1ccccc1)C(=O)[C@@H]1Cc2ccccc2O1. The molecule has 2 aliphatic rings. The molecule has 1 saturated carbocycles. The van der Waals surface area contributed by atoms with Crippen molar-refractivity contribution in [3.63, 3.8) is 0 Å². The van der Waals surface area contributed by atoms with Crippen molar-refractivity contribution in [3.05, 3.63) is 65.7 Å². The summed E-state index contributed by atoms with van der Waals surface area (Å²) in [7, 11) is 0. The third kappa shape index (κ3) is 11.1. The van der Waals surface area contributed by atoms with Gasteiger partial charge in [-0.15, -0.1) is 0 Å². The van der Waals surface area contributed by atoms with Gasteiger partial charge in [0.05, 0.1) is 24.6 Å². The van der Waals surface area contributed by atoms with Crippen LogP contribution in [0.2, 0.25) is 0 Å². The number of imide groups is 1. The van der Waals surface area contributed by atoms with E-state index in [1.165, 1.54) is 0 Å². The summed E-state index contributed by atoms with van der Waals surface area (Å²) in [5.74, 6) is -1.11. The highest BCUT2D eigenvalue weighted by Gasteiger charge is 2.43. The lowest BCUT2D eigenvalue weighted by molar-refractivity contribution is -0.157. The number of benzene rings is 2. The highest BCUT2D eigenvalue weighted by atomic mass is 16.5. The van der Waals surface area contributed by atoms with Gasteiger partial charge in [-0.25, -0.2) is 0 Å². The number of hydrogen-bond donors (Lipinski definition) is 4. The molecule has 4 rings (SSSR count). The molecule has 0 bridgehead atoms. The topological polar surface area (TPSA) is 151 Å². The van der Waals surface area contributed by atoms with E-state index in [2.05, 4.69) is 10.6 Å². The maximum Gasteiger partial charge on any atom is 0.271 e. The Kier molecular flexibility index (Phi) is 14.2. The molecule has 10 heteroatoms. The number of carbonyl (C=O) groups is 4. The summed E-state index contributed by atoms with van der Waals surface area (Å²) >= 11 is 0. The van der Waals surface area contributed by atoms with E-state index in [9.17, 15) is 24.3 Å². The van der Waals surface area contributed by atoms with Gasteiger partial charge in [0.25, 0.3) is 5.91 Å². The molecule has 1 aliphatic carbocycles. The molecule has 0 aromatic heterocycles. The third-order valence-corrected chi connectivity index (χ3v) is 9.53. The molecule has 1 fully saturated rings. The second kappa shape index (κ2) is 18.3. The summed E-state index contributed by atoms with van der Waals surface area (Å²) in [6, 6.07) is 13.6. The number of ether oxygens (including phenoxy) is 1. The van der Waals surface area contributed by atoms with E-state index in [1.54, 1.807) is 6.07 Å². The van der Waals surface area contributed by atoms with Crippen molar-refractivity contribution in [3.8, 4) is 5.75 Å². The summed E-state index contributed by atoms with van der Waals surface area (Å²) in [5, 5.41) is 17.3. The van der Waals surface area contributed by atoms with Crippen LogP contribution in [0.25, 0.3) is 0 Å². The first-order valence-electron chi connectivity index (χ1n) is 18.1. The number of nitrogens with zero attached hydrogens (tertiary/aromatic N) is 1. The number of fused-ring (bicyclic) bond motifs is 1. The standard InChI is InChI=1S/C39H56N4O6/c1-25(2)19-32(37(46)42-31(21-28-15-9-6-10-16-28)33(44)23-36(45)41-24-26(3)4)43(38(47)30(40)20-27-13-7-5-8-14-27)39(48)35-22-29-17-11-12-18-34(29)49-35/h5,7-8,11-14,17-18,25-26,28,30-33,35,44H,6,9-10,15-16,19-24,40H2,1-4H3,(H,41,45)(H,42,46)/t30?,31-,32-,33-,35-/m0/s1. The van der Waals surface area contributed by atoms with E-state index in [0.717, 1.165) is 48.1 Å². The molecule has 2 aromatic carbocycles. The number of nitrogens with two attached hydrogens (primary N) is 1. The van der Waals surface area contributed by atoms with Crippen molar-refractivity contribution in [2.75, 3.05) is 6.54 Å². The fourth-order valence-corrected chi connectivity index (χ4v) is 6.90. The molecule has 5 N–H and O–H groups in total. The normalized spacial score (nSPS) is 18.6. The Balaban J connectivity index is 1.63. The zero-order chi connectivity index (χ0) is 35.5. The first-order valence-corrected chi connectivity index (χ1v) is 18.1. The number of carbonyl (C=O) groups excluding carboxylic acids is 4. The van der Waals surface area contributed by atoms with E-state index in [-0.39, 0.29) is 49.3 Å². The van der Waals surface area contributed by atoms with Crippen molar-refractivity contribution in [1.29, 1.82) is 0 Å². The van der Waals surface area contributed by atoms with Gasteiger partial charge in [-0.3, -0.25) is 24.1 Å². The Labute approximate surface area is 291 Å². The molecule has 0 radical (unpaired) electrons. The third-order valence-electron chi connectivity index (χ3n) is 9.53. The fraction of sp³-hybridized carbons (Fsp3) is 0.590. The molecule has 0 spiro atoms. The summed E-state index contributed by atoms with van der Waals surface area (Å²) in [6.45, 7) is 8.32. The Morgan fingerprint density at radius 3 is 2.27 bits per heavy atom. The number of aliphatic hydroxyl groups excluding tert-OH is 1. The van der Waals surface area contributed by atoms with Crippen LogP contribution in [0.4, 0.5) is 0 Å². The van der Waals surface area contributed by atoms with Crippen molar-refractivity contribution >= 4 is 23.6 Å². The Hall–Kier alpha value is -3.76. The number of para-hydroxylation sites is 1. The van der Waals surface area contributed by atoms with Gasteiger partial charge >= 0.3 is 0 Å². The Morgan fingerprint density at radius 1 is 0.939 bits per heavy atom. The van der Waals surface area contributed by atoms with Crippen LogP contribution >= 0.6 is 0 Å². The summed E-state index contributed by atoms with van der Waals surface area (Å²) in [4.78, 5) is 56.9. The van der Waals surface area contributed by atoms with E-state index in [0.29, 0.717) is 18.7 Å². The Morgan fingerprint density at radius 2 is 1.61 bits per heavy atom. The average Bonchev–Trinajstić information content (AvgIpc) is 3.52. The van der Waals surface area contributed by atoms with Crippen LogP contribution in [-0.2, 0) is 32.0 Å². The predicted octanol–water partition coefficient (Wildman–Crippen LogP) is 4.31. The number of amides is 4. The Bertz CT molecular complexity index is 1370. The van der Waals surface area contributed by atoms with E-state index in [4.69, 9.17) is 10.5 Å². The summed E-state index contributed by atoms with van der Waals surface area (Å²) in [5.41, 5.74) is 8.19. The van der Waals surface area contributed by atoms with Crippen molar-refractivity contribution in [1.82, 2.24) is 15.5 Å². The van der Waals surface area contributed by atoms with Gasteiger partial charge in [0.1, 0.15) is 11.8 Å². The summed E-state index contributed by atoms with van der Waals surface area (Å²) in [6.07, 6.45) is 4.06. The minimum Gasteiger partial charge on any atom is -0.480 e. The number of rotatable bonds is 16. The number of aliphatic hydroxyl groups is 1. The molecular formula is C39H56N4O6. The van der Waals surface area contributed by atoms with Gasteiger partial charge in [0, 0.05) is 13.0 Å². The minimum atomic E-state index is -1.20. The molecule has 4 amide bonds. The molecular weight excluding hydrogens is 620 g/mol. The lowest BCUT2D eigenvalue weighted by Gasteiger charge is -2.36. The van der Waals surface area contributed by atoms with Gasteiger partial charge in [-0.1, -0.05) is 108 Å². The highest BCUT2D eigenvalue weighted by molar-refractivity contribution is 6.04. The fourth-order valence-electron chi connectivity index (χ4n) is 6.90. The largest absolute Gasteiger partial charge is 0.480 e. The van der Waals surface area contributed by atoms with Gasteiger partial charge in [0.15, 0.2) is 6.10 Å². The smallest absolute Gasteiger partial charge is 0.271 e. The predicted molar refractivity (Wildman–Crippen MR) is 189 cm³/mol. The van der Waals surface area contributed by atoms with Crippen LogP contribution in [0.15, 0.2) is 54.6 Å². The monoisotopic (exact) mass is 676 g/mol. The lowest BCUT2D eigenvalue weighted by atomic mass is 9.83. The molecule has 2 aromatic rings. The zero-order valence-electron chi connectivity index (χ0n) is 29.6. The number of nitrogens with one attached hydrogen (secondary N) is 2. The second-order valence-electron chi connectivity index (χ2n) is 14.7. The molecule has 49 heavy (non-hydrogen) atoms. The van der Waals surface area contributed by atoms with Crippen LogP contribution in [0.5, 0.6) is 5.75 Å². The number of hydrogen-bond acceptors (Lipinski definition) is 7. The van der Waals surface area contributed by atoms with Gasteiger partial charge in [-0.2, -0.15) is 0 Å². The van der Waals surface area contributed by atoms with Crippen molar-refractivity contribution < 1.29 is 29.0 Å². The van der Waals surface area contributed by atoms with Crippen molar-refractivity contribution in [2.24, 2.45) is 23.5 Å². The van der Waals surface area contributed by atoms with Crippen LogP contribution in [0.1, 0.15) is 90.2 Å². The van der Waals surface area contributed by atoms with Crippen LogP contribution in [-0.4, -0.2) is 70.5 Å². The van der Waals surface area contributed by atoms with Crippen LogP contribution in [0.3, 0.4) is 0 Å². The molecule has 1 heterocycles. The summed E-state index contributed by atoms with van der Waals surface area (Å²) < 4.78 is 6.04. The van der Waals surface area contributed by atoms with Crippen LogP contribution < -0.4 is 21.1 Å². The van der Waals surface area contributed by atoms with Gasteiger partial charge in [0.2, 0.25) is 17.7 Å². The zero-order valence-corrected chi connectivity index (χ0v) is 29.6. The second-order valence-corrected chi connectivity index (χ2v) is 14.7. The molecule has 10 nitrogen and oxygen atoms in total. The van der Waals surface area contributed by atoms with Crippen molar-refractivity contribution in [2.45, 2.75) is 122 Å². The quantitative estimate of drug-likeness (QED) is 0.207. The van der Waals surface area contributed by atoms with E-state index >= 15 is 0 Å². The lowest BCUT2D eigenvalue weighted by Crippen LogP contribution is -2.61. The van der Waals surface area contributed by atoms with Gasteiger partial charge in [-0.05, 0) is 54.2 Å². The first-order chi connectivity index (χ1) is 23.4. The van der Waals surface area contributed by atoms with E-state index < -0.39 is 48.1 Å². The molecule has 268 valence electrons. The minimum absolute atomic E-state index is 0.0746. The molecule has 0 saturated heterocycles. The maximum atomic E-state index is 14.4. The van der Waals surface area contributed by atoms with Crippen LogP contribution in [0, 0.1) is 17.8 Å². The first kappa shape index (κ1) is 38.0. The van der Waals surface area contributed by atoms with Gasteiger partial charge < -0.3 is 26.2 Å². The molecule has 1 aliphatic heterocycles. The highest BCUT2D eigenvalue weighted by Crippen LogP contribution is 2.31. The molecule has 1 unspecified atom stereocenters. The average molecular weight is 677 g/mol. The maximum absolute atomic E-state index is 14.4. The molecule has 5 atom stereocenters.